The number of rotatable bonds is 3. The van der Waals surface area contributed by atoms with Gasteiger partial charge in [-0.3, -0.25) is 5.43 Å². The van der Waals surface area contributed by atoms with Crippen LogP contribution >= 0.6 is 22.6 Å². The first kappa shape index (κ1) is 11.1. The molecule has 4 heteroatoms. The lowest BCUT2D eigenvalue weighted by molar-refractivity contribution is 1.13. The lowest BCUT2D eigenvalue weighted by Gasteiger charge is -1.98. The molecule has 0 saturated heterocycles. The van der Waals surface area contributed by atoms with Gasteiger partial charge in [-0.05, 0) is 46.9 Å². The van der Waals surface area contributed by atoms with Crippen molar-refractivity contribution in [3.05, 3.63) is 58.2 Å². The van der Waals surface area contributed by atoms with E-state index in [4.69, 9.17) is 0 Å². The maximum absolute atomic E-state index is 4.11. The summed E-state index contributed by atoms with van der Waals surface area (Å²) < 4.78 is 1.08. The van der Waals surface area contributed by atoms with Crippen LogP contribution in [0.5, 0.6) is 0 Å². The van der Waals surface area contributed by atoms with Crippen LogP contribution in [0.25, 0.3) is 0 Å². The highest BCUT2D eigenvalue weighted by Gasteiger charge is 1.94. The van der Waals surface area contributed by atoms with Crippen molar-refractivity contribution < 1.29 is 0 Å². The van der Waals surface area contributed by atoms with Gasteiger partial charge in [0.25, 0.3) is 0 Å². The Morgan fingerprint density at radius 3 is 2.31 bits per heavy atom. The van der Waals surface area contributed by atoms with Gasteiger partial charge in [0.05, 0.1) is 5.69 Å². The summed E-state index contributed by atoms with van der Waals surface area (Å²) in [7, 11) is 0. The van der Waals surface area contributed by atoms with Gasteiger partial charge in [-0.25, -0.2) is 0 Å². The van der Waals surface area contributed by atoms with Crippen molar-refractivity contribution in [1.82, 2.24) is 0 Å². The molecule has 0 bridgehead atoms. The molecule has 2 aromatic carbocycles. The number of nitrogens with zero attached hydrogens (tertiary/aromatic N) is 2. The van der Waals surface area contributed by atoms with Gasteiger partial charge in [-0.15, -0.1) is 5.11 Å². The van der Waals surface area contributed by atoms with Crippen molar-refractivity contribution in [3.63, 3.8) is 0 Å². The van der Waals surface area contributed by atoms with E-state index in [1.54, 1.807) is 0 Å². The number of halogens is 1. The summed E-state index contributed by atoms with van der Waals surface area (Å²) in [4.78, 5) is 0. The van der Waals surface area contributed by atoms with E-state index in [0.717, 1.165) is 14.9 Å². The Labute approximate surface area is 108 Å². The molecule has 0 unspecified atom stereocenters. The van der Waals surface area contributed by atoms with E-state index in [0.29, 0.717) is 0 Å². The molecule has 0 aliphatic heterocycles. The Morgan fingerprint density at radius 1 is 0.875 bits per heavy atom. The van der Waals surface area contributed by atoms with E-state index in [9.17, 15) is 0 Å². The van der Waals surface area contributed by atoms with Crippen molar-refractivity contribution in [2.45, 2.75) is 0 Å². The van der Waals surface area contributed by atoms with Crippen LogP contribution in [0.1, 0.15) is 0 Å². The van der Waals surface area contributed by atoms with Crippen molar-refractivity contribution in [3.8, 4) is 0 Å². The molecule has 80 valence electrons. The van der Waals surface area contributed by atoms with Crippen LogP contribution < -0.4 is 5.43 Å². The van der Waals surface area contributed by atoms with Gasteiger partial charge in [0.15, 0.2) is 0 Å². The number of nitrogens with one attached hydrogen (secondary N) is 1. The first-order chi connectivity index (χ1) is 7.86. The van der Waals surface area contributed by atoms with Crippen LogP contribution in [0.4, 0.5) is 11.4 Å². The quantitative estimate of drug-likeness (QED) is 0.507. The average molecular weight is 323 g/mol. The van der Waals surface area contributed by atoms with E-state index >= 15 is 0 Å². The highest BCUT2D eigenvalue weighted by molar-refractivity contribution is 14.1. The highest BCUT2D eigenvalue weighted by atomic mass is 127. The maximum atomic E-state index is 4.11. The zero-order chi connectivity index (χ0) is 11.2. The van der Waals surface area contributed by atoms with E-state index in [2.05, 4.69) is 38.4 Å². The fraction of sp³-hybridized carbons (Fsp3) is 0. The zero-order valence-corrected chi connectivity index (χ0v) is 10.6. The lowest BCUT2D eigenvalue weighted by Crippen LogP contribution is -1.84. The molecule has 0 aromatic heterocycles. The fourth-order valence-electron chi connectivity index (χ4n) is 1.18. The minimum Gasteiger partial charge on any atom is -0.260 e. The summed E-state index contributed by atoms with van der Waals surface area (Å²) in [5.74, 6) is 0. The van der Waals surface area contributed by atoms with Gasteiger partial charge in [0.1, 0.15) is 5.69 Å². The Morgan fingerprint density at radius 2 is 1.56 bits per heavy atom. The number of hydrogen-bond acceptors (Lipinski definition) is 2. The molecule has 0 aliphatic rings. The third kappa shape index (κ3) is 3.03. The summed E-state index contributed by atoms with van der Waals surface area (Å²) in [5, 5.41) is 8.05. The van der Waals surface area contributed by atoms with Gasteiger partial charge >= 0.3 is 0 Å². The molecule has 3 nitrogen and oxygen atoms in total. The average Bonchev–Trinajstić information content (AvgIpc) is 2.33. The number of para-hydroxylation sites is 1. The van der Waals surface area contributed by atoms with Gasteiger partial charge in [0, 0.05) is 3.57 Å². The van der Waals surface area contributed by atoms with Crippen molar-refractivity contribution >= 4 is 34.0 Å². The standard InChI is InChI=1S/C12H10IN3/c13-11-8-4-5-9-12(11)15-16-14-10-6-2-1-3-7-10/h1-9H,(H,14,15). The Bertz CT molecular complexity index is 483. The fourth-order valence-corrected chi connectivity index (χ4v) is 1.68. The monoisotopic (exact) mass is 323 g/mol. The van der Waals surface area contributed by atoms with Crippen molar-refractivity contribution in [1.29, 1.82) is 0 Å². The maximum Gasteiger partial charge on any atom is 0.101 e. The predicted octanol–water partition coefficient (Wildman–Crippen LogP) is 4.40. The second kappa shape index (κ2) is 5.60. The normalized spacial score (nSPS) is 10.6. The second-order valence-corrected chi connectivity index (χ2v) is 4.29. The highest BCUT2D eigenvalue weighted by Crippen LogP contribution is 2.20. The number of hydrogen-bond donors (Lipinski definition) is 1. The van der Waals surface area contributed by atoms with Crippen LogP contribution in [0.3, 0.4) is 0 Å². The van der Waals surface area contributed by atoms with Crippen LogP contribution in [-0.4, -0.2) is 0 Å². The van der Waals surface area contributed by atoms with Crippen molar-refractivity contribution in [2.24, 2.45) is 10.3 Å². The molecule has 0 radical (unpaired) electrons. The number of anilines is 1. The molecule has 0 atom stereocenters. The third-order valence-electron chi connectivity index (χ3n) is 1.96. The van der Waals surface area contributed by atoms with Crippen LogP contribution in [0.15, 0.2) is 64.9 Å². The smallest absolute Gasteiger partial charge is 0.101 e. The molecule has 0 aliphatic carbocycles. The predicted molar refractivity (Wildman–Crippen MR) is 73.7 cm³/mol. The Hall–Kier alpha value is -1.43. The summed E-state index contributed by atoms with van der Waals surface area (Å²) in [6.45, 7) is 0. The molecule has 0 fully saturated rings. The largest absolute Gasteiger partial charge is 0.260 e. The molecule has 0 saturated carbocycles. The van der Waals surface area contributed by atoms with Crippen molar-refractivity contribution in [2.75, 3.05) is 5.43 Å². The summed E-state index contributed by atoms with van der Waals surface area (Å²) in [5.41, 5.74) is 4.67. The molecule has 0 heterocycles. The van der Waals surface area contributed by atoms with E-state index in [-0.39, 0.29) is 0 Å². The Balaban J connectivity index is 2.03. The molecule has 0 spiro atoms. The molecule has 2 rings (SSSR count). The third-order valence-corrected chi connectivity index (χ3v) is 2.88. The molecule has 0 amide bonds. The second-order valence-electron chi connectivity index (χ2n) is 3.13. The van der Waals surface area contributed by atoms with Crippen LogP contribution in [0.2, 0.25) is 0 Å². The van der Waals surface area contributed by atoms with Crippen LogP contribution in [0, 0.1) is 3.57 Å². The molecule has 1 N–H and O–H groups in total. The number of benzene rings is 2. The lowest BCUT2D eigenvalue weighted by atomic mass is 10.3. The minimum atomic E-state index is 0.867. The first-order valence-electron chi connectivity index (χ1n) is 4.82. The molecule has 2 aromatic rings. The van der Waals surface area contributed by atoms with Gasteiger partial charge in [-0.2, -0.15) is 0 Å². The summed E-state index contributed by atoms with van der Waals surface area (Å²) >= 11 is 2.23. The molecule has 16 heavy (non-hydrogen) atoms. The van der Waals surface area contributed by atoms with Gasteiger partial charge in [-0.1, -0.05) is 35.6 Å². The minimum absolute atomic E-state index is 0.867. The molecular weight excluding hydrogens is 313 g/mol. The summed E-state index contributed by atoms with van der Waals surface area (Å²) in [6, 6.07) is 17.6. The first-order valence-corrected chi connectivity index (χ1v) is 5.90. The summed E-state index contributed by atoms with van der Waals surface area (Å²) in [6.07, 6.45) is 0. The van der Waals surface area contributed by atoms with E-state index < -0.39 is 0 Å². The van der Waals surface area contributed by atoms with Gasteiger partial charge in [0.2, 0.25) is 0 Å². The van der Waals surface area contributed by atoms with Gasteiger partial charge < -0.3 is 0 Å². The van der Waals surface area contributed by atoms with E-state index in [1.165, 1.54) is 0 Å². The SMILES string of the molecule is Ic1ccccc1N=NNc1ccccc1. The zero-order valence-electron chi connectivity index (χ0n) is 8.47. The Kier molecular flexibility index (Phi) is 3.87. The topological polar surface area (TPSA) is 36.8 Å². The molecular formula is C12H10IN3. The van der Waals surface area contributed by atoms with Crippen LogP contribution in [-0.2, 0) is 0 Å². The van der Waals surface area contributed by atoms with E-state index in [1.807, 2.05) is 54.6 Å².